The number of para-hydroxylation sites is 1. The molecule has 1 N–H and O–H groups in total. The van der Waals surface area contributed by atoms with Gasteiger partial charge in [-0.15, -0.1) is 0 Å². The Morgan fingerprint density at radius 1 is 0.943 bits per heavy atom. The summed E-state index contributed by atoms with van der Waals surface area (Å²) in [6, 6.07) is 16.2. The van der Waals surface area contributed by atoms with Crippen molar-refractivity contribution in [3.05, 3.63) is 94.3 Å². The zero-order chi connectivity index (χ0) is 25.3. The number of hydrogen-bond acceptors (Lipinski definition) is 4. The summed E-state index contributed by atoms with van der Waals surface area (Å²) >= 11 is 10.7. The van der Waals surface area contributed by atoms with E-state index in [1.807, 2.05) is 6.07 Å². The predicted molar refractivity (Wildman–Crippen MR) is 126 cm³/mol. The molecule has 1 aliphatic heterocycles. The van der Waals surface area contributed by atoms with Crippen LogP contribution < -0.4 is 15.0 Å². The number of hydrogen-bond donors (Lipinski definition) is 1. The average Bonchev–Trinajstić information content (AvgIpc) is 2.80. The largest absolute Gasteiger partial charge is 0.457 e. The first kappa shape index (κ1) is 24.4. The average molecular weight is 521 g/mol. The van der Waals surface area contributed by atoms with E-state index in [2.05, 4.69) is 5.32 Å². The minimum absolute atomic E-state index is 0.203. The van der Waals surface area contributed by atoms with Crippen molar-refractivity contribution in [1.82, 2.24) is 5.32 Å². The molecule has 0 atom stereocenters. The van der Waals surface area contributed by atoms with Crippen LogP contribution in [-0.2, 0) is 15.8 Å². The van der Waals surface area contributed by atoms with Crippen molar-refractivity contribution >= 4 is 52.5 Å². The summed E-state index contributed by atoms with van der Waals surface area (Å²) in [4.78, 5) is 26.5. The number of carbonyl (C=O) groups excluding carboxylic acids is 2. The SMILES string of the molecule is O=C1NC(=S)N(c2ccc(Oc3ccccc3)cc2)C(=O)/C1=C/c1c(C(F)(F)F)ccc(Cl)c1F. The Morgan fingerprint density at radius 3 is 2.20 bits per heavy atom. The van der Waals surface area contributed by atoms with E-state index in [0.717, 1.165) is 11.0 Å². The standard InChI is InChI=1S/C24H13ClF4N2O3S/c25-19-11-10-18(24(27,28)29)16(20(19)26)12-17-21(32)30-23(35)31(22(17)33)13-6-8-15(9-7-13)34-14-4-2-1-3-5-14/h1-12H,(H,30,32,35)/b17-12+. The smallest absolute Gasteiger partial charge is 0.417 e. The highest BCUT2D eigenvalue weighted by Crippen LogP contribution is 2.37. The van der Waals surface area contributed by atoms with Crippen molar-refractivity contribution < 1.29 is 31.9 Å². The van der Waals surface area contributed by atoms with Crippen molar-refractivity contribution in [2.24, 2.45) is 0 Å². The molecule has 1 aliphatic rings. The molecule has 1 fully saturated rings. The number of thiocarbonyl (C=S) groups is 1. The molecule has 2 amide bonds. The Bertz CT molecular complexity index is 1360. The molecule has 4 rings (SSSR count). The molecular formula is C24H13ClF4N2O3S. The molecule has 0 aromatic heterocycles. The number of benzene rings is 3. The number of ether oxygens (including phenoxy) is 1. The van der Waals surface area contributed by atoms with Gasteiger partial charge in [0.05, 0.1) is 16.3 Å². The molecular weight excluding hydrogens is 508 g/mol. The van der Waals surface area contributed by atoms with Crippen LogP contribution >= 0.6 is 23.8 Å². The molecule has 178 valence electrons. The molecule has 0 unspecified atom stereocenters. The monoisotopic (exact) mass is 520 g/mol. The maximum atomic E-state index is 14.5. The second-order valence-electron chi connectivity index (χ2n) is 7.19. The molecule has 1 heterocycles. The maximum Gasteiger partial charge on any atom is 0.417 e. The van der Waals surface area contributed by atoms with Gasteiger partial charge in [-0.3, -0.25) is 19.8 Å². The van der Waals surface area contributed by atoms with Gasteiger partial charge in [0.1, 0.15) is 22.9 Å². The van der Waals surface area contributed by atoms with E-state index in [1.165, 1.54) is 24.3 Å². The molecule has 5 nitrogen and oxygen atoms in total. The van der Waals surface area contributed by atoms with Crippen molar-refractivity contribution in [2.75, 3.05) is 4.90 Å². The van der Waals surface area contributed by atoms with Crippen molar-refractivity contribution in [1.29, 1.82) is 0 Å². The topological polar surface area (TPSA) is 58.6 Å². The Labute approximate surface area is 206 Å². The van der Waals surface area contributed by atoms with Gasteiger partial charge >= 0.3 is 6.18 Å². The fourth-order valence-corrected chi connectivity index (χ4v) is 3.72. The third-order valence-corrected chi connectivity index (χ3v) is 5.48. The molecule has 1 saturated heterocycles. The lowest BCUT2D eigenvalue weighted by Crippen LogP contribution is -2.54. The van der Waals surface area contributed by atoms with Crippen molar-refractivity contribution in [2.45, 2.75) is 6.18 Å². The normalized spacial score (nSPS) is 15.4. The van der Waals surface area contributed by atoms with Gasteiger partial charge in [-0.2, -0.15) is 13.2 Å². The van der Waals surface area contributed by atoms with Crippen LogP contribution in [0.2, 0.25) is 5.02 Å². The first-order valence-electron chi connectivity index (χ1n) is 9.86. The zero-order valence-electron chi connectivity index (χ0n) is 17.4. The van der Waals surface area contributed by atoms with Crippen LogP contribution in [0.1, 0.15) is 11.1 Å². The molecule has 0 spiro atoms. The molecule has 11 heteroatoms. The summed E-state index contributed by atoms with van der Waals surface area (Å²) in [6.07, 6.45) is -4.45. The minimum atomic E-state index is -4.96. The summed E-state index contributed by atoms with van der Waals surface area (Å²) in [5.41, 5.74) is -2.98. The number of nitrogens with one attached hydrogen (secondary N) is 1. The fraction of sp³-hybridized carbons (Fsp3) is 0.0417. The summed E-state index contributed by atoms with van der Waals surface area (Å²) in [5, 5.41) is 1.34. The van der Waals surface area contributed by atoms with Crippen molar-refractivity contribution in [3.63, 3.8) is 0 Å². The fourth-order valence-electron chi connectivity index (χ4n) is 3.28. The second kappa shape index (κ2) is 9.47. The number of carbonyl (C=O) groups is 2. The Balaban J connectivity index is 1.70. The van der Waals surface area contributed by atoms with E-state index >= 15 is 0 Å². The molecule has 3 aromatic carbocycles. The quantitative estimate of drug-likeness (QED) is 0.195. The lowest BCUT2D eigenvalue weighted by atomic mass is 10.0. The lowest BCUT2D eigenvalue weighted by Gasteiger charge is -2.29. The molecule has 0 saturated carbocycles. The number of alkyl halides is 3. The van der Waals surface area contributed by atoms with Crippen molar-refractivity contribution in [3.8, 4) is 11.5 Å². The summed E-state index contributed by atoms with van der Waals surface area (Å²) < 4.78 is 60.5. The predicted octanol–water partition coefficient (Wildman–Crippen LogP) is 6.12. The van der Waals surface area contributed by atoms with Gasteiger partial charge in [0, 0.05) is 5.56 Å². The molecule has 0 aliphatic carbocycles. The number of halogens is 5. The van der Waals surface area contributed by atoms with E-state index in [0.29, 0.717) is 23.6 Å². The summed E-state index contributed by atoms with van der Waals surface area (Å²) in [5.74, 6) is -2.52. The second-order valence-corrected chi connectivity index (χ2v) is 7.98. The molecule has 0 radical (unpaired) electrons. The highest BCUT2D eigenvalue weighted by atomic mass is 35.5. The first-order chi connectivity index (χ1) is 16.6. The van der Waals surface area contributed by atoms with E-state index in [9.17, 15) is 27.2 Å². The third-order valence-electron chi connectivity index (χ3n) is 4.90. The highest BCUT2D eigenvalue weighted by molar-refractivity contribution is 7.80. The van der Waals surface area contributed by atoms with Gasteiger partial charge in [0.15, 0.2) is 5.11 Å². The Kier molecular flexibility index (Phi) is 6.60. The summed E-state index contributed by atoms with van der Waals surface area (Å²) in [7, 11) is 0. The zero-order valence-corrected chi connectivity index (χ0v) is 19.0. The Morgan fingerprint density at radius 2 is 1.57 bits per heavy atom. The van der Waals surface area contributed by atoms with E-state index in [-0.39, 0.29) is 10.8 Å². The van der Waals surface area contributed by atoms with E-state index in [1.54, 1.807) is 24.3 Å². The first-order valence-corrected chi connectivity index (χ1v) is 10.6. The van der Waals surface area contributed by atoms with Gasteiger partial charge in [-0.05, 0) is 66.8 Å². The van der Waals surface area contributed by atoms with Gasteiger partial charge in [0.25, 0.3) is 11.8 Å². The third kappa shape index (κ3) is 5.03. The maximum absolute atomic E-state index is 14.5. The van der Waals surface area contributed by atoms with Gasteiger partial charge in [0.2, 0.25) is 0 Å². The molecule has 35 heavy (non-hydrogen) atoms. The highest BCUT2D eigenvalue weighted by Gasteiger charge is 2.38. The number of anilines is 1. The van der Waals surface area contributed by atoms with Crippen LogP contribution in [0.25, 0.3) is 6.08 Å². The van der Waals surface area contributed by atoms with Gasteiger partial charge in [-0.1, -0.05) is 29.8 Å². The molecule has 0 bridgehead atoms. The molecule has 3 aromatic rings. The number of rotatable bonds is 4. The lowest BCUT2D eigenvalue weighted by molar-refractivity contribution is -0.138. The number of nitrogens with zero attached hydrogens (tertiary/aromatic N) is 1. The van der Waals surface area contributed by atoms with Gasteiger partial charge in [-0.25, -0.2) is 4.39 Å². The minimum Gasteiger partial charge on any atom is -0.457 e. The summed E-state index contributed by atoms with van der Waals surface area (Å²) in [6.45, 7) is 0. The van der Waals surface area contributed by atoms with Crippen LogP contribution in [0.15, 0.2) is 72.3 Å². The van der Waals surface area contributed by atoms with Crippen LogP contribution in [-0.4, -0.2) is 16.9 Å². The van der Waals surface area contributed by atoms with Crippen LogP contribution in [0, 0.1) is 5.82 Å². The van der Waals surface area contributed by atoms with E-state index < -0.39 is 45.5 Å². The van der Waals surface area contributed by atoms with Gasteiger partial charge < -0.3 is 4.74 Å². The van der Waals surface area contributed by atoms with Crippen LogP contribution in [0.5, 0.6) is 11.5 Å². The van der Waals surface area contributed by atoms with E-state index in [4.69, 9.17) is 28.6 Å². The Hall–Kier alpha value is -3.76. The van der Waals surface area contributed by atoms with Crippen LogP contribution in [0.4, 0.5) is 23.2 Å². The number of amides is 2. The van der Waals surface area contributed by atoms with Crippen LogP contribution in [0.3, 0.4) is 0 Å².